The lowest BCUT2D eigenvalue weighted by Crippen LogP contribution is -2.58. The Kier molecular flexibility index (Phi) is 7.75. The molecule has 5 unspecified atom stereocenters. The van der Waals surface area contributed by atoms with Crippen molar-refractivity contribution in [1.29, 1.82) is 0 Å². The molecule has 40 heavy (non-hydrogen) atoms. The fraction of sp³-hybridized carbons (Fsp3) is 0.586. The number of aromatic nitrogens is 1. The van der Waals surface area contributed by atoms with Crippen molar-refractivity contribution in [2.24, 2.45) is 16.7 Å². The molecule has 3 aliphatic rings. The molecule has 11 heteroatoms. The molecular formula is C29H37FN4O5S. The maximum Gasteiger partial charge on any atom is 0.257 e. The summed E-state index contributed by atoms with van der Waals surface area (Å²) in [6.07, 6.45) is 1.28. The molecule has 5 rings (SSSR count). The van der Waals surface area contributed by atoms with Gasteiger partial charge in [-0.1, -0.05) is 19.9 Å². The van der Waals surface area contributed by atoms with Crippen LogP contribution in [0.3, 0.4) is 0 Å². The second-order valence-electron chi connectivity index (χ2n) is 11.9. The predicted octanol–water partition coefficient (Wildman–Crippen LogP) is 3.03. The van der Waals surface area contributed by atoms with Crippen molar-refractivity contribution in [3.8, 4) is 0 Å². The number of hydrogen-bond acceptors (Lipinski definition) is 7. The standard InChI is InChI=1S/C29H37FN4O5S/c1-17(36)33-9-11-34(12-10-33)24(38)14-20-25-21(15-22-28(20,2)8-7-23(37)29(22,3)16-35)40-27(31-25)32-26(39)18-5-4-6-19(30)13-18/h4-6,13,20,22-23,35,37H,7-12,14-16H2,1-3H3,(H,31,32,39). The highest BCUT2D eigenvalue weighted by molar-refractivity contribution is 7.15. The van der Waals surface area contributed by atoms with E-state index in [1.54, 1.807) is 9.80 Å². The summed E-state index contributed by atoms with van der Waals surface area (Å²) < 4.78 is 13.7. The van der Waals surface area contributed by atoms with Crippen LogP contribution in [-0.4, -0.2) is 81.6 Å². The topological polar surface area (TPSA) is 123 Å². The highest BCUT2D eigenvalue weighted by atomic mass is 32.1. The fourth-order valence-corrected chi connectivity index (χ4v) is 8.14. The van der Waals surface area contributed by atoms with Crippen LogP contribution in [-0.2, 0) is 16.0 Å². The highest BCUT2D eigenvalue weighted by Crippen LogP contribution is 2.63. The summed E-state index contributed by atoms with van der Waals surface area (Å²) in [4.78, 5) is 47.6. The van der Waals surface area contributed by atoms with Gasteiger partial charge in [-0.05, 0) is 48.8 Å². The molecule has 5 atom stereocenters. The number of fused-ring (bicyclic) bond motifs is 2. The van der Waals surface area contributed by atoms with Crippen LogP contribution in [0.5, 0.6) is 0 Å². The molecule has 216 valence electrons. The number of benzene rings is 1. The van der Waals surface area contributed by atoms with Crippen LogP contribution in [0.4, 0.5) is 9.52 Å². The number of aliphatic hydroxyl groups excluding tert-OH is 2. The Balaban J connectivity index is 1.46. The molecule has 9 nitrogen and oxygen atoms in total. The van der Waals surface area contributed by atoms with E-state index < -0.39 is 28.7 Å². The normalized spacial score (nSPS) is 29.9. The second kappa shape index (κ2) is 10.8. The third kappa shape index (κ3) is 5.03. The van der Waals surface area contributed by atoms with Crippen molar-refractivity contribution in [2.45, 2.75) is 58.5 Å². The predicted molar refractivity (Wildman–Crippen MR) is 148 cm³/mol. The molecule has 2 fully saturated rings. The van der Waals surface area contributed by atoms with Gasteiger partial charge in [0, 0.05) is 61.3 Å². The SMILES string of the molecule is CC(=O)N1CCN(C(=O)CC2c3nc(NC(=O)c4cccc(F)c4)sc3CC3C(C)(CO)C(O)CCC23C)CC1. The fourth-order valence-electron chi connectivity index (χ4n) is 7.07. The summed E-state index contributed by atoms with van der Waals surface area (Å²) in [5, 5.41) is 24.6. The zero-order valence-electron chi connectivity index (χ0n) is 23.2. The Bertz CT molecular complexity index is 1310. The molecule has 3 amide bonds. The van der Waals surface area contributed by atoms with Crippen molar-refractivity contribution in [3.05, 3.63) is 46.2 Å². The van der Waals surface area contributed by atoms with Gasteiger partial charge in [-0.3, -0.25) is 19.7 Å². The Morgan fingerprint density at radius 3 is 2.52 bits per heavy atom. The lowest BCUT2D eigenvalue weighted by Gasteiger charge is -2.58. The van der Waals surface area contributed by atoms with Crippen molar-refractivity contribution < 1.29 is 29.0 Å². The lowest BCUT2D eigenvalue weighted by atomic mass is 9.47. The molecule has 2 heterocycles. The van der Waals surface area contributed by atoms with E-state index in [0.29, 0.717) is 50.6 Å². The van der Waals surface area contributed by atoms with E-state index in [2.05, 4.69) is 12.2 Å². The van der Waals surface area contributed by atoms with Gasteiger partial charge in [0.15, 0.2) is 5.13 Å². The van der Waals surface area contributed by atoms with Crippen LogP contribution in [0.1, 0.15) is 66.9 Å². The van der Waals surface area contributed by atoms with Gasteiger partial charge in [0.1, 0.15) is 5.82 Å². The molecule has 0 spiro atoms. The van der Waals surface area contributed by atoms with Gasteiger partial charge in [0.2, 0.25) is 11.8 Å². The van der Waals surface area contributed by atoms with Crippen LogP contribution >= 0.6 is 11.3 Å². The summed E-state index contributed by atoms with van der Waals surface area (Å²) in [5.41, 5.74) is -0.223. The van der Waals surface area contributed by atoms with Crippen LogP contribution in [0.2, 0.25) is 0 Å². The van der Waals surface area contributed by atoms with E-state index >= 15 is 0 Å². The van der Waals surface area contributed by atoms with Gasteiger partial charge in [-0.25, -0.2) is 9.37 Å². The molecule has 1 saturated carbocycles. The first-order chi connectivity index (χ1) is 19.0. The van der Waals surface area contributed by atoms with Gasteiger partial charge in [0.05, 0.1) is 18.4 Å². The molecule has 3 N–H and O–H groups in total. The van der Waals surface area contributed by atoms with Crippen molar-refractivity contribution in [2.75, 3.05) is 38.1 Å². The third-order valence-electron chi connectivity index (χ3n) is 9.66. The molecular weight excluding hydrogens is 535 g/mol. The monoisotopic (exact) mass is 572 g/mol. The average Bonchev–Trinajstić information content (AvgIpc) is 3.34. The third-order valence-corrected chi connectivity index (χ3v) is 10.7. The number of nitrogens with zero attached hydrogens (tertiary/aromatic N) is 3. The highest BCUT2D eigenvalue weighted by Gasteiger charge is 2.59. The minimum absolute atomic E-state index is 0.00119. The van der Waals surface area contributed by atoms with Crippen LogP contribution in [0, 0.1) is 22.6 Å². The van der Waals surface area contributed by atoms with Gasteiger partial charge < -0.3 is 20.0 Å². The van der Waals surface area contributed by atoms with Crippen LogP contribution in [0.15, 0.2) is 24.3 Å². The van der Waals surface area contributed by atoms with Gasteiger partial charge >= 0.3 is 0 Å². The quantitative estimate of drug-likeness (QED) is 0.506. The zero-order chi connectivity index (χ0) is 28.8. The van der Waals surface area contributed by atoms with E-state index in [1.165, 1.54) is 42.5 Å². The van der Waals surface area contributed by atoms with E-state index in [9.17, 15) is 29.0 Å². The largest absolute Gasteiger partial charge is 0.396 e. The summed E-state index contributed by atoms with van der Waals surface area (Å²) in [7, 11) is 0. The molecule has 0 radical (unpaired) electrons. The Hall–Kier alpha value is -2.89. The number of hydrogen-bond donors (Lipinski definition) is 3. The molecule has 1 aromatic carbocycles. The van der Waals surface area contributed by atoms with E-state index in [4.69, 9.17) is 4.98 Å². The molecule has 1 aromatic heterocycles. The second-order valence-corrected chi connectivity index (χ2v) is 13.0. The van der Waals surface area contributed by atoms with Gasteiger partial charge in [-0.15, -0.1) is 11.3 Å². The summed E-state index contributed by atoms with van der Waals surface area (Å²) in [6, 6.07) is 5.44. The first-order valence-corrected chi connectivity index (χ1v) is 14.7. The molecule has 2 aliphatic carbocycles. The molecule has 0 bridgehead atoms. The maximum absolute atomic E-state index is 13.7. The van der Waals surface area contributed by atoms with Gasteiger partial charge in [0.25, 0.3) is 5.91 Å². The number of thiazole rings is 1. The molecule has 1 saturated heterocycles. The molecule has 1 aliphatic heterocycles. The maximum atomic E-state index is 13.7. The summed E-state index contributed by atoms with van der Waals surface area (Å²) in [5.74, 6) is -1.39. The van der Waals surface area contributed by atoms with Crippen molar-refractivity contribution >= 4 is 34.2 Å². The number of nitrogens with one attached hydrogen (secondary N) is 1. The van der Waals surface area contributed by atoms with Gasteiger partial charge in [-0.2, -0.15) is 0 Å². The minimum atomic E-state index is -0.756. The lowest BCUT2D eigenvalue weighted by molar-refractivity contribution is -0.149. The number of halogens is 1. The summed E-state index contributed by atoms with van der Waals surface area (Å²) >= 11 is 1.33. The minimum Gasteiger partial charge on any atom is -0.396 e. The number of rotatable bonds is 5. The number of carbonyl (C=O) groups is 3. The van der Waals surface area contributed by atoms with Crippen molar-refractivity contribution in [3.63, 3.8) is 0 Å². The Morgan fingerprint density at radius 2 is 1.88 bits per heavy atom. The molecule has 2 aromatic rings. The van der Waals surface area contributed by atoms with Crippen LogP contribution < -0.4 is 5.32 Å². The average molecular weight is 573 g/mol. The number of aliphatic hydroxyl groups is 2. The number of anilines is 1. The Labute approximate surface area is 237 Å². The summed E-state index contributed by atoms with van der Waals surface area (Å²) in [6.45, 7) is 7.34. The Morgan fingerprint density at radius 1 is 1.18 bits per heavy atom. The number of piperazine rings is 1. The van der Waals surface area contributed by atoms with E-state index in [0.717, 1.165) is 10.6 Å². The number of carbonyl (C=O) groups excluding carboxylic acids is 3. The first-order valence-electron chi connectivity index (χ1n) is 13.8. The van der Waals surface area contributed by atoms with Crippen LogP contribution in [0.25, 0.3) is 0 Å². The number of amides is 3. The smallest absolute Gasteiger partial charge is 0.257 e. The van der Waals surface area contributed by atoms with E-state index in [-0.39, 0.29) is 42.2 Å². The van der Waals surface area contributed by atoms with Crippen molar-refractivity contribution in [1.82, 2.24) is 14.8 Å². The van der Waals surface area contributed by atoms with E-state index in [1.807, 2.05) is 6.92 Å². The first kappa shape index (κ1) is 28.6. The zero-order valence-corrected chi connectivity index (χ0v) is 24.0.